The Morgan fingerprint density at radius 3 is 2.88 bits per heavy atom. The molecule has 2 atom stereocenters. The summed E-state index contributed by atoms with van der Waals surface area (Å²) in [5.41, 5.74) is 2.70. The second kappa shape index (κ2) is 5.87. The normalized spacial score (nSPS) is 25.0. The third-order valence-corrected chi connectivity index (χ3v) is 4.27. The number of rotatable bonds is 3. The second-order valence-electron chi connectivity index (χ2n) is 4.75. The van der Waals surface area contributed by atoms with Crippen molar-refractivity contribution in [2.75, 3.05) is 25.1 Å². The Morgan fingerprint density at radius 2 is 2.18 bits per heavy atom. The van der Waals surface area contributed by atoms with Crippen LogP contribution in [0.25, 0.3) is 0 Å². The van der Waals surface area contributed by atoms with Crippen LogP contribution in [0.4, 0.5) is 5.69 Å². The molecular weight excluding hydrogens is 278 g/mol. The van der Waals surface area contributed by atoms with Crippen LogP contribution in [0.15, 0.2) is 24.3 Å². The van der Waals surface area contributed by atoms with Crippen molar-refractivity contribution in [2.45, 2.75) is 24.8 Å². The first kappa shape index (κ1) is 12.9. The first-order chi connectivity index (χ1) is 8.26. The van der Waals surface area contributed by atoms with Gasteiger partial charge in [0.05, 0.1) is 6.10 Å². The molecule has 0 saturated carbocycles. The highest BCUT2D eigenvalue weighted by molar-refractivity contribution is 9.08. The van der Waals surface area contributed by atoms with Crippen LogP contribution in [0, 0.1) is 5.92 Å². The SMILES string of the molecule is COC1CN(c2ccccc2CBr)CCC1C. The average molecular weight is 298 g/mol. The molecule has 0 aromatic heterocycles. The van der Waals surface area contributed by atoms with Crippen LogP contribution in [0.5, 0.6) is 0 Å². The van der Waals surface area contributed by atoms with E-state index in [2.05, 4.69) is 52.0 Å². The maximum Gasteiger partial charge on any atom is 0.0772 e. The number of hydrogen-bond acceptors (Lipinski definition) is 2. The predicted molar refractivity (Wildman–Crippen MR) is 75.9 cm³/mol. The van der Waals surface area contributed by atoms with Crippen molar-refractivity contribution in [3.8, 4) is 0 Å². The van der Waals surface area contributed by atoms with Crippen molar-refractivity contribution in [1.82, 2.24) is 0 Å². The largest absolute Gasteiger partial charge is 0.379 e. The summed E-state index contributed by atoms with van der Waals surface area (Å²) in [6, 6.07) is 8.60. The van der Waals surface area contributed by atoms with E-state index in [1.54, 1.807) is 0 Å². The molecule has 0 spiro atoms. The molecule has 0 radical (unpaired) electrons. The number of alkyl halides is 1. The molecule has 0 amide bonds. The molecule has 1 aliphatic heterocycles. The van der Waals surface area contributed by atoms with E-state index in [0.717, 1.165) is 18.4 Å². The molecule has 1 fully saturated rings. The Hall–Kier alpha value is -0.540. The molecule has 1 saturated heterocycles. The Kier molecular flexibility index (Phi) is 4.46. The number of halogens is 1. The number of nitrogens with zero attached hydrogens (tertiary/aromatic N) is 1. The zero-order valence-electron chi connectivity index (χ0n) is 10.5. The molecule has 0 N–H and O–H groups in total. The van der Waals surface area contributed by atoms with Crippen LogP contribution in [-0.4, -0.2) is 26.3 Å². The lowest BCUT2D eigenvalue weighted by Crippen LogP contribution is -2.44. The third kappa shape index (κ3) is 2.83. The fourth-order valence-corrected chi connectivity index (χ4v) is 2.97. The second-order valence-corrected chi connectivity index (χ2v) is 5.31. The van der Waals surface area contributed by atoms with Crippen molar-refractivity contribution in [3.05, 3.63) is 29.8 Å². The van der Waals surface area contributed by atoms with Gasteiger partial charge in [0, 0.05) is 31.2 Å². The summed E-state index contributed by atoms with van der Waals surface area (Å²) in [4.78, 5) is 2.45. The van der Waals surface area contributed by atoms with Crippen LogP contribution in [0.1, 0.15) is 18.9 Å². The van der Waals surface area contributed by atoms with E-state index in [0.29, 0.717) is 12.0 Å². The monoisotopic (exact) mass is 297 g/mol. The lowest BCUT2D eigenvalue weighted by molar-refractivity contribution is 0.0498. The number of anilines is 1. The summed E-state index contributed by atoms with van der Waals surface area (Å²) < 4.78 is 5.58. The maximum atomic E-state index is 5.58. The van der Waals surface area contributed by atoms with Gasteiger partial charge >= 0.3 is 0 Å². The Labute approximate surface area is 112 Å². The number of methoxy groups -OCH3 is 1. The van der Waals surface area contributed by atoms with Gasteiger partial charge in [-0.05, 0) is 24.0 Å². The van der Waals surface area contributed by atoms with Crippen molar-refractivity contribution in [3.63, 3.8) is 0 Å². The van der Waals surface area contributed by atoms with Gasteiger partial charge in [0.2, 0.25) is 0 Å². The molecule has 0 bridgehead atoms. The fourth-order valence-electron chi connectivity index (χ4n) is 2.49. The van der Waals surface area contributed by atoms with E-state index in [-0.39, 0.29) is 0 Å². The van der Waals surface area contributed by atoms with Gasteiger partial charge in [0.25, 0.3) is 0 Å². The highest BCUT2D eigenvalue weighted by atomic mass is 79.9. The standard InChI is InChI=1S/C14H20BrNO/c1-11-7-8-16(10-14(11)17-2)13-6-4-3-5-12(13)9-15/h3-6,11,14H,7-10H2,1-2H3. The molecule has 1 aromatic rings. The molecule has 1 heterocycles. The van der Waals surface area contributed by atoms with E-state index >= 15 is 0 Å². The van der Waals surface area contributed by atoms with Crippen LogP contribution in [0.3, 0.4) is 0 Å². The van der Waals surface area contributed by atoms with Crippen molar-refractivity contribution in [2.24, 2.45) is 5.92 Å². The van der Waals surface area contributed by atoms with E-state index < -0.39 is 0 Å². The molecule has 1 aromatic carbocycles. The minimum Gasteiger partial charge on any atom is -0.379 e. The fraction of sp³-hybridized carbons (Fsp3) is 0.571. The number of benzene rings is 1. The summed E-state index contributed by atoms with van der Waals surface area (Å²) in [5.74, 6) is 0.660. The summed E-state index contributed by atoms with van der Waals surface area (Å²) >= 11 is 3.56. The average Bonchev–Trinajstić information content (AvgIpc) is 2.39. The molecule has 1 aliphatic rings. The molecular formula is C14H20BrNO. The highest BCUT2D eigenvalue weighted by Gasteiger charge is 2.26. The molecule has 94 valence electrons. The first-order valence-electron chi connectivity index (χ1n) is 6.18. The zero-order chi connectivity index (χ0) is 12.3. The van der Waals surface area contributed by atoms with Gasteiger partial charge in [-0.2, -0.15) is 0 Å². The first-order valence-corrected chi connectivity index (χ1v) is 7.30. The van der Waals surface area contributed by atoms with Crippen LogP contribution in [-0.2, 0) is 10.1 Å². The summed E-state index contributed by atoms with van der Waals surface area (Å²) in [7, 11) is 1.82. The molecule has 2 unspecified atom stereocenters. The van der Waals surface area contributed by atoms with Gasteiger partial charge in [0.1, 0.15) is 0 Å². The van der Waals surface area contributed by atoms with E-state index in [1.807, 2.05) is 7.11 Å². The number of hydrogen-bond donors (Lipinski definition) is 0. The smallest absolute Gasteiger partial charge is 0.0772 e. The minimum atomic E-state index is 0.354. The van der Waals surface area contributed by atoms with Crippen molar-refractivity contribution >= 4 is 21.6 Å². The molecule has 2 rings (SSSR count). The Bertz CT molecular complexity index is 369. The number of ether oxygens (including phenoxy) is 1. The quantitative estimate of drug-likeness (QED) is 0.793. The van der Waals surface area contributed by atoms with Crippen molar-refractivity contribution < 1.29 is 4.74 Å². The van der Waals surface area contributed by atoms with Crippen LogP contribution < -0.4 is 4.90 Å². The van der Waals surface area contributed by atoms with Crippen LogP contribution in [0.2, 0.25) is 0 Å². The van der Waals surface area contributed by atoms with E-state index in [1.165, 1.54) is 17.7 Å². The van der Waals surface area contributed by atoms with Crippen molar-refractivity contribution in [1.29, 1.82) is 0 Å². The van der Waals surface area contributed by atoms with Gasteiger partial charge in [-0.25, -0.2) is 0 Å². The summed E-state index contributed by atoms with van der Waals surface area (Å²) in [6.45, 7) is 4.41. The molecule has 3 heteroatoms. The minimum absolute atomic E-state index is 0.354. The predicted octanol–water partition coefficient (Wildman–Crippen LogP) is 3.44. The topological polar surface area (TPSA) is 12.5 Å². The van der Waals surface area contributed by atoms with E-state index in [9.17, 15) is 0 Å². The Morgan fingerprint density at radius 1 is 1.41 bits per heavy atom. The number of para-hydroxylation sites is 1. The number of piperidine rings is 1. The molecule has 0 aliphatic carbocycles. The summed E-state index contributed by atoms with van der Waals surface area (Å²) in [5, 5.41) is 0.910. The maximum absolute atomic E-state index is 5.58. The lowest BCUT2D eigenvalue weighted by atomic mass is 9.95. The van der Waals surface area contributed by atoms with Gasteiger partial charge in [-0.1, -0.05) is 41.1 Å². The third-order valence-electron chi connectivity index (χ3n) is 3.67. The van der Waals surface area contributed by atoms with Gasteiger partial charge in [-0.3, -0.25) is 0 Å². The summed E-state index contributed by atoms with van der Waals surface area (Å²) in [6.07, 6.45) is 1.56. The van der Waals surface area contributed by atoms with E-state index in [4.69, 9.17) is 4.74 Å². The van der Waals surface area contributed by atoms with Gasteiger partial charge in [0.15, 0.2) is 0 Å². The van der Waals surface area contributed by atoms with Gasteiger partial charge < -0.3 is 9.64 Å². The van der Waals surface area contributed by atoms with Crippen LogP contribution >= 0.6 is 15.9 Å². The van der Waals surface area contributed by atoms with Gasteiger partial charge in [-0.15, -0.1) is 0 Å². The lowest BCUT2D eigenvalue weighted by Gasteiger charge is -2.38. The Balaban J connectivity index is 2.17. The molecule has 17 heavy (non-hydrogen) atoms. The highest BCUT2D eigenvalue weighted by Crippen LogP contribution is 2.28. The zero-order valence-corrected chi connectivity index (χ0v) is 12.1. The molecule has 2 nitrogen and oxygen atoms in total.